The molecule has 2 aliphatic heterocycles. The van der Waals surface area contributed by atoms with E-state index in [2.05, 4.69) is 10.3 Å². The second-order valence-electron chi connectivity index (χ2n) is 9.34. The van der Waals surface area contributed by atoms with Gasteiger partial charge in [0.05, 0.1) is 38.1 Å². The number of aromatic nitrogens is 3. The van der Waals surface area contributed by atoms with Gasteiger partial charge < -0.3 is 14.8 Å². The first-order valence-corrected chi connectivity index (χ1v) is 12.1. The first-order chi connectivity index (χ1) is 17.6. The summed E-state index contributed by atoms with van der Waals surface area (Å²) in [7, 11) is 3.28. The molecule has 184 valence electrons. The molecule has 0 unspecified atom stereocenters. The number of ether oxygens (including phenoxy) is 2. The Morgan fingerprint density at radius 2 is 1.39 bits per heavy atom. The lowest BCUT2D eigenvalue weighted by atomic mass is 9.85. The van der Waals surface area contributed by atoms with E-state index in [1.165, 1.54) is 4.90 Å². The fourth-order valence-electron chi connectivity index (χ4n) is 5.42. The number of rotatable bonds is 5. The van der Waals surface area contributed by atoms with Crippen LogP contribution in [-0.2, 0) is 9.59 Å². The van der Waals surface area contributed by atoms with Crippen LogP contribution in [0.2, 0.25) is 0 Å². The monoisotopic (exact) mass is 485 g/mol. The average Bonchev–Trinajstić information content (AvgIpc) is 3.46. The zero-order chi connectivity index (χ0) is 24.8. The smallest absolute Gasteiger partial charge is 0.260 e. The van der Waals surface area contributed by atoms with Crippen LogP contribution in [0.5, 0.6) is 11.5 Å². The van der Waals surface area contributed by atoms with Crippen LogP contribution in [-0.4, -0.2) is 40.8 Å². The number of hydrogen-bond donors (Lipinski definition) is 1. The maximum atomic E-state index is 13.2. The number of carbonyl (C=O) groups excluding carboxylic acids is 2. The molecule has 4 atom stereocenters. The Kier molecular flexibility index (Phi) is 5.47. The SMILES string of the molecule is COc1ccc([C@@H]2C[C@H](c3ccc(OC)cc3)n3nc(N4C(=O)[C@@H]5CC=CC[C@H]5C4=O)nc3N2)cc1. The number of methoxy groups -OCH3 is 2. The summed E-state index contributed by atoms with van der Waals surface area (Å²) in [5.74, 6) is 1.11. The molecule has 2 aromatic carbocycles. The van der Waals surface area contributed by atoms with E-state index in [9.17, 15) is 9.59 Å². The number of anilines is 2. The van der Waals surface area contributed by atoms with Gasteiger partial charge in [0.2, 0.25) is 17.8 Å². The summed E-state index contributed by atoms with van der Waals surface area (Å²) in [5.41, 5.74) is 2.11. The highest BCUT2D eigenvalue weighted by Gasteiger charge is 2.50. The number of fused-ring (bicyclic) bond motifs is 2. The Hall–Kier alpha value is -4.14. The molecule has 3 aliphatic rings. The molecule has 1 aromatic heterocycles. The second kappa shape index (κ2) is 8.82. The molecule has 0 radical (unpaired) electrons. The van der Waals surface area contributed by atoms with Crippen LogP contribution < -0.4 is 19.7 Å². The van der Waals surface area contributed by atoms with Crippen molar-refractivity contribution in [3.8, 4) is 11.5 Å². The quantitative estimate of drug-likeness (QED) is 0.432. The lowest BCUT2D eigenvalue weighted by molar-refractivity contribution is -0.122. The minimum Gasteiger partial charge on any atom is -0.497 e. The number of hydrogen-bond acceptors (Lipinski definition) is 7. The number of benzene rings is 2. The molecular formula is C27H27N5O4. The fourth-order valence-corrected chi connectivity index (χ4v) is 5.42. The van der Waals surface area contributed by atoms with E-state index in [1.807, 2.05) is 60.7 Å². The second-order valence-corrected chi connectivity index (χ2v) is 9.34. The van der Waals surface area contributed by atoms with Gasteiger partial charge in [-0.2, -0.15) is 4.98 Å². The van der Waals surface area contributed by atoms with Crippen LogP contribution >= 0.6 is 0 Å². The Morgan fingerprint density at radius 1 is 0.833 bits per heavy atom. The van der Waals surface area contributed by atoms with Crippen molar-refractivity contribution in [2.24, 2.45) is 11.8 Å². The van der Waals surface area contributed by atoms with Crippen molar-refractivity contribution in [3.05, 3.63) is 71.8 Å². The van der Waals surface area contributed by atoms with Gasteiger partial charge in [0, 0.05) is 0 Å². The van der Waals surface area contributed by atoms with Gasteiger partial charge in [0.25, 0.3) is 5.95 Å². The van der Waals surface area contributed by atoms with Crippen molar-refractivity contribution in [1.82, 2.24) is 14.8 Å². The molecule has 1 fully saturated rings. The largest absolute Gasteiger partial charge is 0.497 e. The highest BCUT2D eigenvalue weighted by Crippen LogP contribution is 2.41. The normalized spacial score (nSPS) is 24.8. The van der Waals surface area contributed by atoms with Crippen LogP contribution in [0.15, 0.2) is 60.7 Å². The van der Waals surface area contributed by atoms with Crippen molar-refractivity contribution in [2.75, 3.05) is 24.4 Å². The number of amides is 2. The summed E-state index contributed by atoms with van der Waals surface area (Å²) in [6.45, 7) is 0. The summed E-state index contributed by atoms with van der Waals surface area (Å²) < 4.78 is 12.4. The van der Waals surface area contributed by atoms with Crippen LogP contribution in [0, 0.1) is 11.8 Å². The molecule has 9 heteroatoms. The molecule has 3 aromatic rings. The van der Waals surface area contributed by atoms with E-state index in [-0.39, 0.29) is 41.7 Å². The molecule has 0 saturated carbocycles. The van der Waals surface area contributed by atoms with Gasteiger partial charge in [-0.15, -0.1) is 5.10 Å². The number of nitrogens with one attached hydrogen (secondary N) is 1. The fraction of sp³-hybridized carbons (Fsp3) is 0.333. The van der Waals surface area contributed by atoms with Crippen molar-refractivity contribution in [2.45, 2.75) is 31.3 Å². The molecule has 36 heavy (non-hydrogen) atoms. The lowest BCUT2D eigenvalue weighted by Crippen LogP contribution is -2.32. The molecule has 1 N–H and O–H groups in total. The Bertz CT molecular complexity index is 1310. The topological polar surface area (TPSA) is 98.6 Å². The molecule has 2 amide bonds. The summed E-state index contributed by atoms with van der Waals surface area (Å²) in [6.07, 6.45) is 5.80. The van der Waals surface area contributed by atoms with E-state index in [0.717, 1.165) is 22.6 Å². The van der Waals surface area contributed by atoms with Gasteiger partial charge in [-0.1, -0.05) is 36.4 Å². The number of imide groups is 1. The van der Waals surface area contributed by atoms with Gasteiger partial charge in [-0.05, 0) is 54.7 Å². The van der Waals surface area contributed by atoms with E-state index in [0.29, 0.717) is 25.2 Å². The van der Waals surface area contributed by atoms with Gasteiger partial charge in [-0.25, -0.2) is 9.58 Å². The highest BCUT2D eigenvalue weighted by atomic mass is 16.5. The maximum absolute atomic E-state index is 13.2. The average molecular weight is 486 g/mol. The molecule has 9 nitrogen and oxygen atoms in total. The Morgan fingerprint density at radius 3 is 1.94 bits per heavy atom. The third-order valence-corrected chi connectivity index (χ3v) is 7.40. The van der Waals surface area contributed by atoms with E-state index < -0.39 is 0 Å². The molecule has 0 spiro atoms. The van der Waals surface area contributed by atoms with Gasteiger partial charge >= 0.3 is 0 Å². The van der Waals surface area contributed by atoms with Crippen molar-refractivity contribution in [1.29, 1.82) is 0 Å². The molecular weight excluding hydrogens is 458 g/mol. The Labute approximate surface area is 208 Å². The molecule has 1 aliphatic carbocycles. The highest BCUT2D eigenvalue weighted by molar-refractivity contribution is 6.21. The number of carbonyl (C=O) groups is 2. The van der Waals surface area contributed by atoms with E-state index in [1.54, 1.807) is 18.9 Å². The first kappa shape index (κ1) is 22.3. The predicted octanol–water partition coefficient (Wildman–Crippen LogP) is 3.90. The molecule has 0 bridgehead atoms. The van der Waals surface area contributed by atoms with Crippen LogP contribution in [0.4, 0.5) is 11.9 Å². The van der Waals surface area contributed by atoms with Crippen LogP contribution in [0.3, 0.4) is 0 Å². The van der Waals surface area contributed by atoms with Crippen molar-refractivity contribution in [3.63, 3.8) is 0 Å². The van der Waals surface area contributed by atoms with E-state index in [4.69, 9.17) is 14.6 Å². The third-order valence-electron chi connectivity index (χ3n) is 7.40. The van der Waals surface area contributed by atoms with Crippen molar-refractivity contribution < 1.29 is 19.1 Å². The molecule has 1 saturated heterocycles. The van der Waals surface area contributed by atoms with Crippen LogP contribution in [0.1, 0.15) is 42.5 Å². The van der Waals surface area contributed by atoms with Crippen molar-refractivity contribution >= 4 is 23.7 Å². The van der Waals surface area contributed by atoms with Gasteiger partial charge in [0.15, 0.2) is 0 Å². The predicted molar refractivity (Wildman–Crippen MR) is 133 cm³/mol. The van der Waals surface area contributed by atoms with E-state index >= 15 is 0 Å². The number of nitrogens with zero attached hydrogens (tertiary/aromatic N) is 4. The van der Waals surface area contributed by atoms with Crippen LogP contribution in [0.25, 0.3) is 0 Å². The summed E-state index contributed by atoms with van der Waals surface area (Å²) in [5, 5.41) is 8.17. The zero-order valence-corrected chi connectivity index (χ0v) is 20.1. The minimum atomic E-state index is -0.333. The Balaban J connectivity index is 1.38. The zero-order valence-electron chi connectivity index (χ0n) is 20.1. The minimum absolute atomic E-state index is 0.0516. The van der Waals surface area contributed by atoms with Gasteiger partial charge in [0.1, 0.15) is 11.5 Å². The molecule has 6 rings (SSSR count). The molecule has 3 heterocycles. The third kappa shape index (κ3) is 3.62. The number of allylic oxidation sites excluding steroid dienone is 2. The maximum Gasteiger partial charge on any atom is 0.260 e. The summed E-state index contributed by atoms with van der Waals surface area (Å²) in [4.78, 5) is 32.2. The first-order valence-electron chi connectivity index (χ1n) is 12.1. The lowest BCUT2D eigenvalue weighted by Gasteiger charge is -2.31. The summed E-state index contributed by atoms with van der Waals surface area (Å²) in [6, 6.07) is 15.6. The standard InChI is InChI=1S/C27H27N5O4/c1-35-18-11-7-16(8-12-18)22-15-23(17-9-13-19(36-2)14-10-17)32-26(28-22)29-27(30-32)31-24(33)20-5-3-4-6-21(20)25(31)34/h3-4,7-14,20-23H,5-6,15H2,1-2H3,(H,28,29,30)/t20-,21-,22+,23-/m1/s1. The summed E-state index contributed by atoms with van der Waals surface area (Å²) >= 11 is 0. The van der Waals surface area contributed by atoms with Gasteiger partial charge in [-0.3, -0.25) is 9.59 Å².